The van der Waals surface area contributed by atoms with Crippen LogP contribution in [0.3, 0.4) is 0 Å². The highest BCUT2D eigenvalue weighted by Gasteiger charge is 2.23. The number of nitrogens with zero attached hydrogens (tertiary/aromatic N) is 1. The predicted molar refractivity (Wildman–Crippen MR) is 83.0 cm³/mol. The molecular formula is C16H25FN2O2. The minimum atomic E-state index is -0.407. The zero-order valence-electron chi connectivity index (χ0n) is 13.2. The third kappa shape index (κ3) is 5.71. The number of benzene rings is 1. The molecule has 0 amide bonds. The Balaban J connectivity index is 2.82. The summed E-state index contributed by atoms with van der Waals surface area (Å²) >= 11 is 0. The van der Waals surface area contributed by atoms with Crippen molar-refractivity contribution in [3.05, 3.63) is 30.1 Å². The van der Waals surface area contributed by atoms with Crippen molar-refractivity contribution in [2.45, 2.75) is 39.8 Å². The number of rotatable bonds is 8. The first kappa shape index (κ1) is 17.4. The van der Waals surface area contributed by atoms with E-state index in [1.165, 1.54) is 12.1 Å². The second-order valence-electron chi connectivity index (χ2n) is 5.14. The van der Waals surface area contributed by atoms with Gasteiger partial charge in [0.1, 0.15) is 11.9 Å². The van der Waals surface area contributed by atoms with Gasteiger partial charge in [0.2, 0.25) is 0 Å². The van der Waals surface area contributed by atoms with Gasteiger partial charge < -0.3 is 15.0 Å². The predicted octanol–water partition coefficient (Wildman–Crippen LogP) is 2.58. The Bertz CT molecular complexity index is 434. The van der Waals surface area contributed by atoms with Crippen molar-refractivity contribution in [3.63, 3.8) is 0 Å². The van der Waals surface area contributed by atoms with Crippen molar-refractivity contribution in [1.82, 2.24) is 5.32 Å². The Morgan fingerprint density at radius 3 is 2.38 bits per heavy atom. The highest BCUT2D eigenvalue weighted by Crippen LogP contribution is 2.15. The second-order valence-corrected chi connectivity index (χ2v) is 5.14. The molecule has 0 aliphatic rings. The van der Waals surface area contributed by atoms with E-state index in [1.54, 1.807) is 19.1 Å². The monoisotopic (exact) mass is 296 g/mol. The molecule has 0 heterocycles. The normalized spacial score (nSPS) is 12.3. The maximum atomic E-state index is 13.0. The molecular weight excluding hydrogens is 271 g/mol. The van der Waals surface area contributed by atoms with Crippen LogP contribution in [0.1, 0.15) is 27.7 Å². The highest BCUT2D eigenvalue weighted by atomic mass is 19.1. The molecule has 118 valence electrons. The number of hydrogen-bond donors (Lipinski definition) is 1. The summed E-state index contributed by atoms with van der Waals surface area (Å²) in [5, 5.41) is 3.22. The van der Waals surface area contributed by atoms with Crippen LogP contribution in [-0.4, -0.2) is 37.7 Å². The Morgan fingerprint density at radius 2 is 1.90 bits per heavy atom. The fraction of sp³-hybridized carbons (Fsp3) is 0.562. The van der Waals surface area contributed by atoms with Crippen LogP contribution in [-0.2, 0) is 9.53 Å². The topological polar surface area (TPSA) is 41.6 Å². The number of halogens is 1. The largest absolute Gasteiger partial charge is 0.465 e. The van der Waals surface area contributed by atoms with Crippen LogP contribution < -0.4 is 10.2 Å². The molecule has 1 atom stereocenters. The van der Waals surface area contributed by atoms with Crippen LogP contribution in [0.25, 0.3) is 0 Å². The van der Waals surface area contributed by atoms with Gasteiger partial charge in [-0.1, -0.05) is 13.8 Å². The van der Waals surface area contributed by atoms with E-state index >= 15 is 0 Å². The minimum absolute atomic E-state index is 0.173. The molecule has 1 aromatic carbocycles. The second kappa shape index (κ2) is 8.62. The van der Waals surface area contributed by atoms with E-state index in [4.69, 9.17) is 4.74 Å². The van der Waals surface area contributed by atoms with E-state index in [-0.39, 0.29) is 17.8 Å². The van der Waals surface area contributed by atoms with Crippen LogP contribution >= 0.6 is 0 Å². The highest BCUT2D eigenvalue weighted by molar-refractivity contribution is 5.76. The molecule has 21 heavy (non-hydrogen) atoms. The first-order valence-corrected chi connectivity index (χ1v) is 7.41. The van der Waals surface area contributed by atoms with Crippen LogP contribution in [0.4, 0.5) is 10.1 Å². The van der Waals surface area contributed by atoms with Gasteiger partial charge in [0, 0.05) is 24.8 Å². The van der Waals surface area contributed by atoms with E-state index in [0.29, 0.717) is 13.2 Å². The van der Waals surface area contributed by atoms with Gasteiger partial charge in [0.25, 0.3) is 0 Å². The fourth-order valence-electron chi connectivity index (χ4n) is 2.13. The average molecular weight is 296 g/mol. The number of nitrogens with one attached hydrogen (secondary N) is 1. The van der Waals surface area contributed by atoms with Crippen LogP contribution in [0.2, 0.25) is 0 Å². The minimum Gasteiger partial charge on any atom is -0.465 e. The Morgan fingerprint density at radius 1 is 1.29 bits per heavy atom. The van der Waals surface area contributed by atoms with Crippen molar-refractivity contribution < 1.29 is 13.9 Å². The third-order valence-electron chi connectivity index (χ3n) is 3.08. The molecule has 0 saturated heterocycles. The summed E-state index contributed by atoms with van der Waals surface area (Å²) in [7, 11) is 0. The van der Waals surface area contributed by atoms with Gasteiger partial charge >= 0.3 is 5.97 Å². The van der Waals surface area contributed by atoms with Crippen molar-refractivity contribution in [2.75, 3.05) is 24.6 Å². The van der Waals surface area contributed by atoms with Crippen molar-refractivity contribution in [2.24, 2.45) is 0 Å². The Labute approximate surface area is 126 Å². The zero-order valence-corrected chi connectivity index (χ0v) is 13.2. The van der Waals surface area contributed by atoms with E-state index in [2.05, 4.69) is 5.32 Å². The van der Waals surface area contributed by atoms with Gasteiger partial charge in [-0.15, -0.1) is 0 Å². The summed E-state index contributed by atoms with van der Waals surface area (Å²) in [6.45, 7) is 9.34. The lowest BCUT2D eigenvalue weighted by Crippen LogP contribution is -2.49. The van der Waals surface area contributed by atoms with Gasteiger partial charge in [-0.05, 0) is 38.1 Å². The van der Waals surface area contributed by atoms with Gasteiger partial charge in [0.15, 0.2) is 0 Å². The third-order valence-corrected chi connectivity index (χ3v) is 3.08. The van der Waals surface area contributed by atoms with E-state index in [9.17, 15) is 9.18 Å². The molecule has 1 rings (SSSR count). The molecule has 0 fully saturated rings. The average Bonchev–Trinajstić information content (AvgIpc) is 2.44. The number of carbonyl (C=O) groups is 1. The number of anilines is 1. The number of hydrogen-bond acceptors (Lipinski definition) is 4. The van der Waals surface area contributed by atoms with Gasteiger partial charge in [0.05, 0.1) is 6.61 Å². The summed E-state index contributed by atoms with van der Waals surface area (Å²) < 4.78 is 18.1. The van der Waals surface area contributed by atoms with E-state index < -0.39 is 6.04 Å². The van der Waals surface area contributed by atoms with Gasteiger partial charge in [-0.25, -0.2) is 4.39 Å². The first-order valence-electron chi connectivity index (χ1n) is 7.41. The smallest absolute Gasteiger partial charge is 0.324 e. The summed E-state index contributed by atoms with van der Waals surface area (Å²) in [5.41, 5.74) is 0.888. The van der Waals surface area contributed by atoms with E-state index in [1.807, 2.05) is 25.7 Å². The molecule has 0 bridgehead atoms. The summed E-state index contributed by atoms with van der Waals surface area (Å²) in [6, 6.07) is 6.05. The number of ether oxygens (including phenoxy) is 1. The number of carbonyl (C=O) groups excluding carboxylic acids is 1. The zero-order chi connectivity index (χ0) is 15.8. The Hall–Kier alpha value is -1.62. The van der Waals surface area contributed by atoms with Crippen molar-refractivity contribution >= 4 is 11.7 Å². The fourth-order valence-corrected chi connectivity index (χ4v) is 2.13. The molecule has 0 radical (unpaired) electrons. The lowest BCUT2D eigenvalue weighted by molar-refractivity contribution is -0.145. The number of esters is 1. The van der Waals surface area contributed by atoms with Crippen LogP contribution in [0.15, 0.2) is 24.3 Å². The SMILES string of the molecule is CCOC(=O)C(CN(CC)c1ccc(F)cc1)NC(C)C. The standard InChI is InChI=1S/C16H25FN2O2/c1-5-19(14-9-7-13(17)8-10-14)11-15(18-12(3)4)16(20)21-6-2/h7-10,12,15,18H,5-6,11H2,1-4H3. The molecule has 1 aromatic rings. The van der Waals surface area contributed by atoms with Crippen molar-refractivity contribution in [3.8, 4) is 0 Å². The molecule has 0 spiro atoms. The molecule has 4 nitrogen and oxygen atoms in total. The lowest BCUT2D eigenvalue weighted by Gasteiger charge is -2.29. The van der Waals surface area contributed by atoms with E-state index in [0.717, 1.165) is 12.2 Å². The van der Waals surface area contributed by atoms with Crippen molar-refractivity contribution in [1.29, 1.82) is 0 Å². The summed E-state index contributed by atoms with van der Waals surface area (Å²) in [4.78, 5) is 14.1. The Kier molecular flexibility index (Phi) is 7.15. The number of likely N-dealkylation sites (N-methyl/N-ethyl adjacent to an activating group) is 1. The molecule has 0 saturated carbocycles. The van der Waals surface area contributed by atoms with Crippen LogP contribution in [0.5, 0.6) is 0 Å². The van der Waals surface area contributed by atoms with Gasteiger partial charge in [-0.3, -0.25) is 4.79 Å². The molecule has 0 aliphatic carbocycles. The summed E-state index contributed by atoms with van der Waals surface area (Å²) in [5.74, 6) is -0.524. The maximum absolute atomic E-state index is 13.0. The first-order chi connectivity index (χ1) is 9.97. The quantitative estimate of drug-likeness (QED) is 0.749. The molecule has 5 heteroatoms. The van der Waals surface area contributed by atoms with Gasteiger partial charge in [-0.2, -0.15) is 0 Å². The maximum Gasteiger partial charge on any atom is 0.324 e. The van der Waals surface area contributed by atoms with Crippen LogP contribution in [0, 0.1) is 5.82 Å². The molecule has 0 aromatic heterocycles. The molecule has 1 unspecified atom stereocenters. The lowest BCUT2D eigenvalue weighted by atomic mass is 10.2. The molecule has 0 aliphatic heterocycles. The summed E-state index contributed by atoms with van der Waals surface area (Å²) in [6.07, 6.45) is 0. The molecule has 1 N–H and O–H groups in total.